The lowest BCUT2D eigenvalue weighted by atomic mass is 10.1. The molecule has 2 heteroatoms. The van der Waals surface area contributed by atoms with Crippen LogP contribution in [-0.4, -0.2) is 6.54 Å². The van der Waals surface area contributed by atoms with E-state index in [1.165, 1.54) is 32.1 Å². The van der Waals surface area contributed by atoms with Crippen LogP contribution in [0.1, 0.15) is 51.5 Å². The van der Waals surface area contributed by atoms with E-state index in [0.717, 1.165) is 23.4 Å². The van der Waals surface area contributed by atoms with Crippen molar-refractivity contribution in [2.75, 3.05) is 11.9 Å². The standard InChI is InChI=1S/C17H24N2/c1-3-4-5-6-7-12-19-17-10-8-16(9-11-17)13-15(2)14-18/h8-11,13,19H,3-7,12H2,1-2H3/b15-13-. The summed E-state index contributed by atoms with van der Waals surface area (Å²) in [6, 6.07) is 10.4. The van der Waals surface area contributed by atoms with Crippen LogP contribution in [0, 0.1) is 11.3 Å². The fourth-order valence-electron chi connectivity index (χ4n) is 1.94. The summed E-state index contributed by atoms with van der Waals surface area (Å²) in [6.07, 6.45) is 8.42. The van der Waals surface area contributed by atoms with Crippen molar-refractivity contribution in [3.05, 3.63) is 35.4 Å². The molecule has 0 amide bonds. The highest BCUT2D eigenvalue weighted by Crippen LogP contribution is 2.12. The molecule has 1 aromatic rings. The first kappa shape index (κ1) is 15.3. The van der Waals surface area contributed by atoms with E-state index in [0.29, 0.717) is 0 Å². The SMILES string of the molecule is CCCCCCCNc1ccc(/C=C(/C)C#N)cc1. The molecule has 1 N–H and O–H groups in total. The lowest BCUT2D eigenvalue weighted by Gasteiger charge is -2.06. The summed E-state index contributed by atoms with van der Waals surface area (Å²) in [7, 11) is 0. The Kier molecular flexibility index (Phi) is 7.43. The van der Waals surface area contributed by atoms with E-state index in [1.807, 2.05) is 25.1 Å². The molecular formula is C17H24N2. The Hall–Kier alpha value is -1.75. The highest BCUT2D eigenvalue weighted by Gasteiger charge is 1.94. The highest BCUT2D eigenvalue weighted by atomic mass is 14.9. The van der Waals surface area contributed by atoms with Crippen molar-refractivity contribution in [1.82, 2.24) is 0 Å². The Bertz CT molecular complexity index is 424. The van der Waals surface area contributed by atoms with E-state index in [1.54, 1.807) is 0 Å². The lowest BCUT2D eigenvalue weighted by molar-refractivity contribution is 0.645. The summed E-state index contributed by atoms with van der Waals surface area (Å²) < 4.78 is 0. The quantitative estimate of drug-likeness (QED) is 0.525. The molecule has 1 aromatic carbocycles. The van der Waals surface area contributed by atoms with E-state index in [2.05, 4.69) is 30.4 Å². The summed E-state index contributed by atoms with van der Waals surface area (Å²) in [5, 5.41) is 12.2. The van der Waals surface area contributed by atoms with Gasteiger partial charge in [0, 0.05) is 17.8 Å². The third kappa shape index (κ3) is 6.67. The van der Waals surface area contributed by atoms with Crippen LogP contribution in [0.25, 0.3) is 6.08 Å². The van der Waals surface area contributed by atoms with Crippen molar-refractivity contribution in [3.63, 3.8) is 0 Å². The molecule has 0 aliphatic heterocycles. The molecule has 0 aliphatic rings. The Labute approximate surface area is 117 Å². The Balaban J connectivity index is 2.31. The molecule has 102 valence electrons. The van der Waals surface area contributed by atoms with E-state index in [9.17, 15) is 0 Å². The van der Waals surface area contributed by atoms with Gasteiger partial charge in [0.05, 0.1) is 6.07 Å². The van der Waals surface area contributed by atoms with Gasteiger partial charge in [-0.2, -0.15) is 5.26 Å². The van der Waals surface area contributed by atoms with Gasteiger partial charge in [-0.15, -0.1) is 0 Å². The van der Waals surface area contributed by atoms with E-state index < -0.39 is 0 Å². The smallest absolute Gasteiger partial charge is 0.0944 e. The minimum atomic E-state index is 0.733. The molecule has 0 aromatic heterocycles. The lowest BCUT2D eigenvalue weighted by Crippen LogP contribution is -2.01. The van der Waals surface area contributed by atoms with Crippen molar-refractivity contribution in [3.8, 4) is 6.07 Å². The van der Waals surface area contributed by atoms with Gasteiger partial charge in [-0.3, -0.25) is 0 Å². The maximum Gasteiger partial charge on any atom is 0.0944 e. The van der Waals surface area contributed by atoms with Gasteiger partial charge in [-0.1, -0.05) is 44.7 Å². The number of allylic oxidation sites excluding steroid dienone is 1. The van der Waals surface area contributed by atoms with Gasteiger partial charge in [0.2, 0.25) is 0 Å². The molecule has 0 unspecified atom stereocenters. The van der Waals surface area contributed by atoms with Crippen LogP contribution in [0.5, 0.6) is 0 Å². The van der Waals surface area contributed by atoms with Crippen molar-refractivity contribution in [2.45, 2.75) is 46.0 Å². The molecular weight excluding hydrogens is 232 g/mol. The predicted octanol–water partition coefficient (Wildman–Crippen LogP) is 5.00. The van der Waals surface area contributed by atoms with Crippen LogP contribution >= 0.6 is 0 Å². The van der Waals surface area contributed by atoms with Crippen LogP contribution < -0.4 is 5.32 Å². The molecule has 19 heavy (non-hydrogen) atoms. The van der Waals surface area contributed by atoms with Crippen LogP contribution in [0.4, 0.5) is 5.69 Å². The van der Waals surface area contributed by atoms with Crippen molar-refractivity contribution < 1.29 is 0 Å². The summed E-state index contributed by atoms with van der Waals surface area (Å²) >= 11 is 0. The molecule has 2 nitrogen and oxygen atoms in total. The summed E-state index contributed by atoms with van der Waals surface area (Å²) in [5.41, 5.74) is 2.96. The third-order valence-corrected chi connectivity index (χ3v) is 3.08. The third-order valence-electron chi connectivity index (χ3n) is 3.08. The molecule has 0 fully saturated rings. The van der Waals surface area contributed by atoms with E-state index >= 15 is 0 Å². The number of hydrogen-bond acceptors (Lipinski definition) is 2. The second kappa shape index (κ2) is 9.22. The zero-order valence-electron chi connectivity index (χ0n) is 12.1. The monoisotopic (exact) mass is 256 g/mol. The average Bonchev–Trinajstić information content (AvgIpc) is 2.44. The second-order valence-corrected chi connectivity index (χ2v) is 4.90. The average molecular weight is 256 g/mol. The first-order chi connectivity index (χ1) is 9.26. The first-order valence-corrected chi connectivity index (χ1v) is 7.18. The second-order valence-electron chi connectivity index (χ2n) is 4.90. The normalized spacial score (nSPS) is 11.1. The number of nitrogens with zero attached hydrogens (tertiary/aromatic N) is 1. The van der Waals surface area contributed by atoms with Crippen LogP contribution in [0.3, 0.4) is 0 Å². The molecule has 0 saturated carbocycles. The number of anilines is 1. The summed E-state index contributed by atoms with van der Waals surface area (Å²) in [5.74, 6) is 0. The Morgan fingerprint density at radius 1 is 1.16 bits per heavy atom. The zero-order valence-corrected chi connectivity index (χ0v) is 12.1. The minimum absolute atomic E-state index is 0.733. The molecule has 0 atom stereocenters. The van der Waals surface area contributed by atoms with Gasteiger partial charge in [0.1, 0.15) is 0 Å². The number of benzene rings is 1. The van der Waals surface area contributed by atoms with Gasteiger partial charge in [-0.25, -0.2) is 0 Å². The number of rotatable bonds is 8. The van der Waals surface area contributed by atoms with E-state index in [-0.39, 0.29) is 0 Å². The van der Waals surface area contributed by atoms with Gasteiger partial charge in [-0.05, 0) is 37.1 Å². The number of hydrogen-bond donors (Lipinski definition) is 1. The van der Waals surface area contributed by atoms with Gasteiger partial charge >= 0.3 is 0 Å². The zero-order chi connectivity index (χ0) is 13.9. The molecule has 0 bridgehead atoms. The number of nitrogens with one attached hydrogen (secondary N) is 1. The molecule has 0 saturated heterocycles. The molecule has 0 aliphatic carbocycles. The van der Waals surface area contributed by atoms with Crippen LogP contribution in [0.2, 0.25) is 0 Å². The summed E-state index contributed by atoms with van der Waals surface area (Å²) in [4.78, 5) is 0. The summed E-state index contributed by atoms with van der Waals surface area (Å²) in [6.45, 7) is 5.10. The number of unbranched alkanes of at least 4 members (excludes halogenated alkanes) is 4. The predicted molar refractivity (Wildman–Crippen MR) is 83.0 cm³/mol. The minimum Gasteiger partial charge on any atom is -0.385 e. The maximum absolute atomic E-state index is 8.72. The highest BCUT2D eigenvalue weighted by molar-refractivity contribution is 5.59. The topological polar surface area (TPSA) is 35.8 Å². The first-order valence-electron chi connectivity index (χ1n) is 7.18. The Morgan fingerprint density at radius 3 is 2.47 bits per heavy atom. The van der Waals surface area contributed by atoms with Crippen molar-refractivity contribution >= 4 is 11.8 Å². The largest absolute Gasteiger partial charge is 0.385 e. The van der Waals surface area contributed by atoms with Gasteiger partial charge in [0.15, 0.2) is 0 Å². The van der Waals surface area contributed by atoms with Crippen molar-refractivity contribution in [1.29, 1.82) is 5.26 Å². The van der Waals surface area contributed by atoms with Gasteiger partial charge in [0.25, 0.3) is 0 Å². The molecule has 1 rings (SSSR count). The fourth-order valence-corrected chi connectivity index (χ4v) is 1.94. The molecule has 0 spiro atoms. The van der Waals surface area contributed by atoms with E-state index in [4.69, 9.17) is 5.26 Å². The molecule has 0 heterocycles. The van der Waals surface area contributed by atoms with Crippen LogP contribution in [0.15, 0.2) is 29.8 Å². The van der Waals surface area contributed by atoms with Crippen LogP contribution in [-0.2, 0) is 0 Å². The van der Waals surface area contributed by atoms with Crippen molar-refractivity contribution in [2.24, 2.45) is 0 Å². The fraction of sp³-hybridized carbons (Fsp3) is 0.471. The maximum atomic E-state index is 8.72. The number of nitriles is 1. The van der Waals surface area contributed by atoms with Gasteiger partial charge < -0.3 is 5.32 Å². The molecule has 0 radical (unpaired) electrons. The Morgan fingerprint density at radius 2 is 1.84 bits per heavy atom.